The van der Waals surface area contributed by atoms with E-state index in [1.807, 2.05) is 37.3 Å². The molecular formula is C19H17NO4. The molecule has 1 heterocycles. The van der Waals surface area contributed by atoms with Gasteiger partial charge in [0.05, 0.1) is 13.2 Å². The molecule has 2 aromatic carbocycles. The van der Waals surface area contributed by atoms with E-state index in [9.17, 15) is 9.59 Å². The third-order valence-corrected chi connectivity index (χ3v) is 3.83. The number of hydrogen-bond acceptors (Lipinski definition) is 4. The van der Waals surface area contributed by atoms with E-state index in [4.69, 9.17) is 9.15 Å². The first-order valence-corrected chi connectivity index (χ1v) is 7.56. The second-order valence-corrected chi connectivity index (χ2v) is 5.46. The molecule has 122 valence electrons. The number of nitrogens with one attached hydrogen (secondary N) is 1. The highest BCUT2D eigenvalue weighted by atomic mass is 16.5. The molecule has 0 aliphatic heterocycles. The summed E-state index contributed by atoms with van der Waals surface area (Å²) in [6.07, 6.45) is 0. The molecule has 1 atom stereocenters. The Balaban J connectivity index is 1.86. The Labute approximate surface area is 138 Å². The van der Waals surface area contributed by atoms with E-state index in [2.05, 4.69) is 5.32 Å². The Morgan fingerprint density at radius 3 is 2.71 bits per heavy atom. The molecule has 5 heteroatoms. The van der Waals surface area contributed by atoms with Crippen molar-refractivity contribution in [2.24, 2.45) is 0 Å². The van der Waals surface area contributed by atoms with Gasteiger partial charge in [0.15, 0.2) is 0 Å². The van der Waals surface area contributed by atoms with Crippen molar-refractivity contribution < 1.29 is 13.9 Å². The molecule has 0 aliphatic rings. The number of carbonyl (C=O) groups is 1. The molecule has 0 bridgehead atoms. The molecule has 24 heavy (non-hydrogen) atoms. The fourth-order valence-electron chi connectivity index (χ4n) is 2.49. The summed E-state index contributed by atoms with van der Waals surface area (Å²) in [5, 5.41) is 3.52. The molecule has 0 unspecified atom stereocenters. The number of carbonyl (C=O) groups excluding carboxylic acids is 1. The summed E-state index contributed by atoms with van der Waals surface area (Å²) in [6.45, 7) is 1.84. The van der Waals surface area contributed by atoms with Gasteiger partial charge in [-0.1, -0.05) is 30.3 Å². The summed E-state index contributed by atoms with van der Waals surface area (Å²) in [7, 11) is 1.59. The SMILES string of the molecule is COc1cccc([C@H](C)NC(=O)c2cc3ccccc3oc2=O)c1. The van der Waals surface area contributed by atoms with E-state index >= 15 is 0 Å². The molecule has 0 saturated heterocycles. The highest BCUT2D eigenvalue weighted by Crippen LogP contribution is 2.19. The van der Waals surface area contributed by atoms with Gasteiger partial charge in [-0.2, -0.15) is 0 Å². The first-order chi connectivity index (χ1) is 11.6. The van der Waals surface area contributed by atoms with Gasteiger partial charge >= 0.3 is 5.63 Å². The van der Waals surface area contributed by atoms with Crippen LogP contribution in [0.2, 0.25) is 0 Å². The molecule has 0 radical (unpaired) electrons. The number of benzene rings is 2. The van der Waals surface area contributed by atoms with Gasteiger partial charge < -0.3 is 14.5 Å². The number of methoxy groups -OCH3 is 1. The number of ether oxygens (including phenoxy) is 1. The molecule has 3 aromatic rings. The predicted octanol–water partition coefficient (Wildman–Crippen LogP) is 3.29. The van der Waals surface area contributed by atoms with Crippen LogP contribution in [0.4, 0.5) is 0 Å². The zero-order valence-corrected chi connectivity index (χ0v) is 13.4. The van der Waals surface area contributed by atoms with Crippen LogP contribution in [0.15, 0.2) is 63.8 Å². The second-order valence-electron chi connectivity index (χ2n) is 5.46. The molecule has 1 aromatic heterocycles. The van der Waals surface area contributed by atoms with E-state index in [-0.39, 0.29) is 11.6 Å². The van der Waals surface area contributed by atoms with Gasteiger partial charge in [-0.3, -0.25) is 4.79 Å². The Hall–Kier alpha value is -3.08. The highest BCUT2D eigenvalue weighted by Gasteiger charge is 2.17. The van der Waals surface area contributed by atoms with Crippen LogP contribution in [0.5, 0.6) is 5.75 Å². The van der Waals surface area contributed by atoms with E-state index in [0.717, 1.165) is 5.56 Å². The van der Waals surface area contributed by atoms with Crippen molar-refractivity contribution in [2.75, 3.05) is 7.11 Å². The minimum atomic E-state index is -0.649. The maximum absolute atomic E-state index is 12.4. The molecule has 1 amide bonds. The molecule has 5 nitrogen and oxygen atoms in total. The third-order valence-electron chi connectivity index (χ3n) is 3.83. The van der Waals surface area contributed by atoms with Crippen LogP contribution < -0.4 is 15.7 Å². The average molecular weight is 323 g/mol. The van der Waals surface area contributed by atoms with Crippen molar-refractivity contribution >= 4 is 16.9 Å². The number of rotatable bonds is 4. The monoisotopic (exact) mass is 323 g/mol. The quantitative estimate of drug-likeness (QED) is 0.748. The van der Waals surface area contributed by atoms with Crippen LogP contribution in [-0.4, -0.2) is 13.0 Å². The molecule has 0 aliphatic carbocycles. The maximum atomic E-state index is 12.4. The lowest BCUT2D eigenvalue weighted by Crippen LogP contribution is -2.30. The van der Waals surface area contributed by atoms with Crippen LogP contribution >= 0.6 is 0 Å². The molecular weight excluding hydrogens is 306 g/mol. The number of fused-ring (bicyclic) bond motifs is 1. The standard InChI is InChI=1S/C19H17NO4/c1-12(13-7-5-8-15(10-13)23-2)20-18(21)16-11-14-6-3-4-9-17(14)24-19(16)22/h3-12H,1-2H3,(H,20,21)/t12-/m0/s1. The topological polar surface area (TPSA) is 68.5 Å². The van der Waals surface area contributed by atoms with Crippen LogP contribution in [0.25, 0.3) is 11.0 Å². The van der Waals surface area contributed by atoms with Crippen molar-refractivity contribution in [3.8, 4) is 5.75 Å². The van der Waals surface area contributed by atoms with Gasteiger partial charge in [0.1, 0.15) is 16.9 Å². The third kappa shape index (κ3) is 3.15. The first kappa shape index (κ1) is 15.8. The Morgan fingerprint density at radius 1 is 1.12 bits per heavy atom. The van der Waals surface area contributed by atoms with Gasteiger partial charge in [0.2, 0.25) is 0 Å². The Bertz CT molecular complexity index is 945. The summed E-state index contributed by atoms with van der Waals surface area (Å²) in [4.78, 5) is 24.5. The lowest BCUT2D eigenvalue weighted by Gasteiger charge is -2.15. The number of hydrogen-bond donors (Lipinski definition) is 1. The zero-order valence-electron chi connectivity index (χ0n) is 13.4. The summed E-state index contributed by atoms with van der Waals surface area (Å²) in [6, 6.07) is 15.8. The highest BCUT2D eigenvalue weighted by molar-refractivity contribution is 5.96. The predicted molar refractivity (Wildman–Crippen MR) is 91.4 cm³/mol. The van der Waals surface area contributed by atoms with Gasteiger partial charge in [0, 0.05) is 5.39 Å². The fourth-order valence-corrected chi connectivity index (χ4v) is 2.49. The van der Waals surface area contributed by atoms with E-state index < -0.39 is 11.5 Å². The minimum absolute atomic E-state index is 0.0107. The van der Waals surface area contributed by atoms with Gasteiger partial charge in [-0.15, -0.1) is 0 Å². The van der Waals surface area contributed by atoms with Gasteiger partial charge in [0.25, 0.3) is 5.91 Å². The normalized spacial score (nSPS) is 11.9. The lowest BCUT2D eigenvalue weighted by molar-refractivity contribution is 0.0936. The van der Waals surface area contributed by atoms with Crippen molar-refractivity contribution in [2.45, 2.75) is 13.0 Å². The number of para-hydroxylation sites is 1. The summed E-state index contributed by atoms with van der Waals surface area (Å²) in [5.74, 6) is 0.239. The fraction of sp³-hybridized carbons (Fsp3) is 0.158. The average Bonchev–Trinajstić information content (AvgIpc) is 2.61. The van der Waals surface area contributed by atoms with Crippen LogP contribution in [0.1, 0.15) is 28.9 Å². The number of amides is 1. The summed E-state index contributed by atoms with van der Waals surface area (Å²) >= 11 is 0. The van der Waals surface area contributed by atoms with Gasteiger partial charge in [-0.25, -0.2) is 4.79 Å². The molecule has 3 rings (SSSR count). The Kier molecular flexibility index (Phi) is 4.33. The summed E-state index contributed by atoms with van der Waals surface area (Å²) < 4.78 is 10.4. The lowest BCUT2D eigenvalue weighted by atomic mass is 10.1. The van der Waals surface area contributed by atoms with Gasteiger partial charge in [-0.05, 0) is 36.8 Å². The van der Waals surface area contributed by atoms with E-state index in [1.165, 1.54) is 0 Å². The van der Waals surface area contributed by atoms with Crippen LogP contribution in [0.3, 0.4) is 0 Å². The second kappa shape index (κ2) is 6.58. The van der Waals surface area contributed by atoms with Crippen molar-refractivity contribution in [3.05, 3.63) is 76.1 Å². The van der Waals surface area contributed by atoms with Crippen LogP contribution in [-0.2, 0) is 0 Å². The smallest absolute Gasteiger partial charge is 0.349 e. The molecule has 0 spiro atoms. The van der Waals surface area contributed by atoms with Crippen molar-refractivity contribution in [1.29, 1.82) is 0 Å². The largest absolute Gasteiger partial charge is 0.497 e. The maximum Gasteiger partial charge on any atom is 0.349 e. The van der Waals surface area contributed by atoms with Crippen molar-refractivity contribution in [3.63, 3.8) is 0 Å². The first-order valence-electron chi connectivity index (χ1n) is 7.56. The van der Waals surface area contributed by atoms with Crippen molar-refractivity contribution in [1.82, 2.24) is 5.32 Å². The van der Waals surface area contributed by atoms with Crippen LogP contribution in [0, 0.1) is 0 Å². The zero-order chi connectivity index (χ0) is 17.1. The minimum Gasteiger partial charge on any atom is -0.497 e. The molecule has 1 N–H and O–H groups in total. The molecule has 0 fully saturated rings. The van der Waals surface area contributed by atoms with E-state index in [0.29, 0.717) is 16.7 Å². The summed E-state index contributed by atoms with van der Waals surface area (Å²) in [5.41, 5.74) is 0.681. The molecule has 0 saturated carbocycles. The Morgan fingerprint density at radius 2 is 1.92 bits per heavy atom. The van der Waals surface area contributed by atoms with E-state index in [1.54, 1.807) is 31.4 Å².